The van der Waals surface area contributed by atoms with Crippen molar-refractivity contribution in [3.05, 3.63) is 19.2 Å². The highest BCUT2D eigenvalue weighted by Gasteiger charge is 2.18. The fraction of sp³-hybridized carbons (Fsp3) is 0.636. The van der Waals surface area contributed by atoms with Gasteiger partial charge in [0, 0.05) is 15.9 Å². The summed E-state index contributed by atoms with van der Waals surface area (Å²) in [7, 11) is 2.15. The smallest absolute Gasteiger partial charge is 0.0843 e. The van der Waals surface area contributed by atoms with Gasteiger partial charge in [-0.2, -0.15) is 0 Å². The Bertz CT molecular complexity index is 308. The average Bonchev–Trinajstić information content (AvgIpc) is 2.57. The molecule has 1 atom stereocenters. The standard InChI is InChI=1S/C11H18Br2N2S/c1-3-4-5-15(2)9(7-14)10-6-8(12)11(13)16-10/h6,9H,3-5,7,14H2,1-2H3. The van der Waals surface area contributed by atoms with E-state index in [2.05, 4.69) is 56.8 Å². The van der Waals surface area contributed by atoms with Crippen molar-refractivity contribution >= 4 is 43.2 Å². The van der Waals surface area contributed by atoms with Crippen LogP contribution in [0.2, 0.25) is 0 Å². The van der Waals surface area contributed by atoms with E-state index in [0.29, 0.717) is 12.6 Å². The van der Waals surface area contributed by atoms with Crippen molar-refractivity contribution in [3.63, 3.8) is 0 Å². The maximum Gasteiger partial charge on any atom is 0.0843 e. The van der Waals surface area contributed by atoms with Gasteiger partial charge in [0.2, 0.25) is 0 Å². The minimum atomic E-state index is 0.333. The normalized spacial score (nSPS) is 13.4. The van der Waals surface area contributed by atoms with Crippen LogP contribution < -0.4 is 5.73 Å². The van der Waals surface area contributed by atoms with Gasteiger partial charge in [-0.25, -0.2) is 0 Å². The molecule has 0 amide bonds. The highest BCUT2D eigenvalue weighted by Crippen LogP contribution is 2.36. The first-order valence-electron chi connectivity index (χ1n) is 5.45. The zero-order valence-electron chi connectivity index (χ0n) is 9.67. The van der Waals surface area contributed by atoms with Gasteiger partial charge >= 0.3 is 0 Å². The first-order valence-corrected chi connectivity index (χ1v) is 7.85. The molecule has 1 heterocycles. The Labute approximate surface area is 118 Å². The average molecular weight is 370 g/mol. The molecule has 16 heavy (non-hydrogen) atoms. The zero-order valence-corrected chi connectivity index (χ0v) is 13.7. The van der Waals surface area contributed by atoms with Crippen LogP contribution in [0, 0.1) is 0 Å². The Morgan fingerprint density at radius 1 is 1.50 bits per heavy atom. The maximum absolute atomic E-state index is 5.87. The van der Waals surface area contributed by atoms with Crippen LogP contribution in [0.1, 0.15) is 30.7 Å². The molecule has 5 heteroatoms. The zero-order chi connectivity index (χ0) is 12.1. The second kappa shape index (κ2) is 7.11. The summed E-state index contributed by atoms with van der Waals surface area (Å²) in [6.07, 6.45) is 2.44. The second-order valence-electron chi connectivity index (χ2n) is 3.86. The van der Waals surface area contributed by atoms with Gasteiger partial charge in [0.05, 0.1) is 9.83 Å². The van der Waals surface area contributed by atoms with Gasteiger partial charge in [-0.1, -0.05) is 13.3 Å². The van der Waals surface area contributed by atoms with Crippen LogP contribution in [0.25, 0.3) is 0 Å². The molecule has 0 radical (unpaired) electrons. The van der Waals surface area contributed by atoms with Crippen LogP contribution in [0.5, 0.6) is 0 Å². The number of nitrogens with zero attached hydrogens (tertiary/aromatic N) is 1. The van der Waals surface area contributed by atoms with Crippen molar-refractivity contribution in [2.24, 2.45) is 5.73 Å². The van der Waals surface area contributed by atoms with Crippen LogP contribution in [-0.2, 0) is 0 Å². The lowest BCUT2D eigenvalue weighted by Gasteiger charge is -2.25. The van der Waals surface area contributed by atoms with Gasteiger partial charge in [0.15, 0.2) is 0 Å². The van der Waals surface area contributed by atoms with Gasteiger partial charge in [0.25, 0.3) is 0 Å². The molecule has 0 bridgehead atoms. The Morgan fingerprint density at radius 2 is 2.19 bits per heavy atom. The maximum atomic E-state index is 5.87. The minimum Gasteiger partial charge on any atom is -0.329 e. The number of halogens is 2. The third-order valence-corrected chi connectivity index (χ3v) is 5.97. The van der Waals surface area contributed by atoms with E-state index in [-0.39, 0.29) is 0 Å². The van der Waals surface area contributed by atoms with Crippen molar-refractivity contribution in [2.45, 2.75) is 25.8 Å². The van der Waals surface area contributed by atoms with Crippen molar-refractivity contribution in [1.29, 1.82) is 0 Å². The summed E-state index contributed by atoms with van der Waals surface area (Å²) in [5.41, 5.74) is 5.87. The van der Waals surface area contributed by atoms with Crippen LogP contribution in [0.4, 0.5) is 0 Å². The number of thiophene rings is 1. The van der Waals surface area contributed by atoms with E-state index in [1.165, 1.54) is 17.7 Å². The molecule has 0 aliphatic carbocycles. The molecule has 0 aliphatic heterocycles. The Morgan fingerprint density at radius 3 is 2.62 bits per heavy atom. The summed E-state index contributed by atoms with van der Waals surface area (Å²) in [6, 6.07) is 2.49. The quantitative estimate of drug-likeness (QED) is 0.820. The fourth-order valence-corrected chi connectivity index (χ4v) is 3.87. The summed E-state index contributed by atoms with van der Waals surface area (Å²) in [5, 5.41) is 0. The summed E-state index contributed by atoms with van der Waals surface area (Å²) in [6.45, 7) is 3.98. The topological polar surface area (TPSA) is 29.3 Å². The molecule has 2 N–H and O–H groups in total. The first kappa shape index (κ1) is 14.6. The first-order chi connectivity index (χ1) is 7.60. The van der Waals surface area contributed by atoms with Crippen LogP contribution in [0.3, 0.4) is 0 Å². The molecule has 2 nitrogen and oxygen atoms in total. The Kier molecular flexibility index (Phi) is 6.51. The van der Waals surface area contributed by atoms with Crippen LogP contribution in [0.15, 0.2) is 14.3 Å². The van der Waals surface area contributed by atoms with Gasteiger partial charge in [-0.05, 0) is 57.9 Å². The molecule has 0 saturated heterocycles. The van der Waals surface area contributed by atoms with E-state index in [1.54, 1.807) is 11.3 Å². The van der Waals surface area contributed by atoms with Crippen LogP contribution >= 0.6 is 43.2 Å². The predicted octanol–water partition coefficient (Wildman–Crippen LogP) is 4.00. The largest absolute Gasteiger partial charge is 0.329 e. The number of unbranched alkanes of at least 4 members (excludes halogenated alkanes) is 1. The highest BCUT2D eigenvalue weighted by molar-refractivity contribution is 9.13. The minimum absolute atomic E-state index is 0.333. The van der Waals surface area contributed by atoms with E-state index < -0.39 is 0 Å². The molecule has 0 aromatic carbocycles. The van der Waals surface area contributed by atoms with Crippen molar-refractivity contribution in [2.75, 3.05) is 20.1 Å². The van der Waals surface area contributed by atoms with Crippen LogP contribution in [-0.4, -0.2) is 25.0 Å². The molecule has 0 saturated carbocycles. The number of nitrogens with two attached hydrogens (primary N) is 1. The lowest BCUT2D eigenvalue weighted by molar-refractivity contribution is 0.250. The van der Waals surface area contributed by atoms with Gasteiger partial charge in [0.1, 0.15) is 0 Å². The highest BCUT2D eigenvalue weighted by atomic mass is 79.9. The summed E-state index contributed by atoms with van der Waals surface area (Å²) >= 11 is 8.80. The van der Waals surface area contributed by atoms with Gasteiger partial charge in [-0.3, -0.25) is 4.90 Å². The van der Waals surface area contributed by atoms with E-state index in [0.717, 1.165) is 14.8 Å². The van der Waals surface area contributed by atoms with Gasteiger partial charge < -0.3 is 5.73 Å². The molecule has 92 valence electrons. The monoisotopic (exact) mass is 368 g/mol. The molecule has 0 spiro atoms. The Hall–Kier alpha value is 0.580. The number of hydrogen-bond donors (Lipinski definition) is 1. The van der Waals surface area contributed by atoms with Crippen molar-refractivity contribution in [3.8, 4) is 0 Å². The van der Waals surface area contributed by atoms with E-state index >= 15 is 0 Å². The van der Waals surface area contributed by atoms with Gasteiger partial charge in [-0.15, -0.1) is 11.3 Å². The number of hydrogen-bond acceptors (Lipinski definition) is 3. The Balaban J connectivity index is 2.73. The number of likely N-dealkylation sites (N-methyl/N-ethyl adjacent to an activating group) is 1. The summed E-state index contributed by atoms with van der Waals surface area (Å²) < 4.78 is 2.26. The SMILES string of the molecule is CCCCN(C)C(CN)c1cc(Br)c(Br)s1. The summed E-state index contributed by atoms with van der Waals surface area (Å²) in [5.74, 6) is 0. The molecule has 1 aromatic rings. The second-order valence-corrected chi connectivity index (χ2v) is 7.11. The molecule has 1 rings (SSSR count). The van der Waals surface area contributed by atoms with Crippen molar-refractivity contribution in [1.82, 2.24) is 4.90 Å². The predicted molar refractivity (Wildman–Crippen MR) is 79.1 cm³/mol. The third-order valence-electron chi connectivity index (χ3n) is 2.61. The fourth-order valence-electron chi connectivity index (χ4n) is 1.60. The van der Waals surface area contributed by atoms with E-state index in [1.807, 2.05) is 0 Å². The molecular formula is C11H18Br2N2S. The molecule has 1 unspecified atom stereocenters. The lowest BCUT2D eigenvalue weighted by Crippen LogP contribution is -2.30. The molecule has 0 aliphatic rings. The van der Waals surface area contributed by atoms with E-state index in [9.17, 15) is 0 Å². The third kappa shape index (κ3) is 3.81. The number of rotatable bonds is 6. The van der Waals surface area contributed by atoms with Crippen molar-refractivity contribution < 1.29 is 0 Å². The molecule has 0 fully saturated rings. The van der Waals surface area contributed by atoms with E-state index in [4.69, 9.17) is 5.73 Å². The summed E-state index contributed by atoms with van der Waals surface area (Å²) in [4.78, 5) is 3.66. The molecule has 1 aromatic heterocycles. The molecular weight excluding hydrogens is 352 g/mol. The lowest BCUT2D eigenvalue weighted by atomic mass is 10.2.